The van der Waals surface area contributed by atoms with Gasteiger partial charge in [0.05, 0.1) is 0 Å². The predicted molar refractivity (Wildman–Crippen MR) is 80.6 cm³/mol. The minimum absolute atomic E-state index is 1.28. The lowest BCUT2D eigenvalue weighted by Gasteiger charge is -2.06. The van der Waals surface area contributed by atoms with Gasteiger partial charge < -0.3 is 0 Å². The Morgan fingerprint density at radius 1 is 0.556 bits per heavy atom. The van der Waals surface area contributed by atoms with Crippen LogP contribution in [0.5, 0.6) is 0 Å². The molecule has 0 nitrogen and oxygen atoms in total. The third-order valence-electron chi connectivity index (χ3n) is 2.87. The molecule has 0 N–H and O–H groups in total. The highest BCUT2D eigenvalue weighted by Gasteiger charge is 2.01. The van der Waals surface area contributed by atoms with Gasteiger partial charge in [-0.15, -0.1) is 13.2 Å². The van der Waals surface area contributed by atoms with E-state index in [2.05, 4.69) is 86.0 Å². The molecule has 0 saturated carbocycles. The Morgan fingerprint density at radius 3 is 1.94 bits per heavy atom. The van der Waals surface area contributed by atoms with Crippen LogP contribution in [0.4, 0.5) is 0 Å². The van der Waals surface area contributed by atoms with Gasteiger partial charge in [-0.2, -0.15) is 0 Å². The van der Waals surface area contributed by atoms with Gasteiger partial charge in [0.2, 0.25) is 0 Å². The van der Waals surface area contributed by atoms with Gasteiger partial charge in [-0.3, -0.25) is 0 Å². The summed E-state index contributed by atoms with van der Waals surface area (Å²) in [6.45, 7) is 6.00. The summed E-state index contributed by atoms with van der Waals surface area (Å²) in [6.07, 6.45) is 0. The Labute approximate surface area is 108 Å². The van der Waals surface area contributed by atoms with Gasteiger partial charge in [-0.25, -0.2) is 0 Å². The van der Waals surface area contributed by atoms with E-state index in [0.29, 0.717) is 0 Å². The fourth-order valence-corrected chi connectivity index (χ4v) is 2.09. The van der Waals surface area contributed by atoms with Crippen LogP contribution in [0.25, 0.3) is 21.9 Å². The van der Waals surface area contributed by atoms with Crippen molar-refractivity contribution in [3.63, 3.8) is 0 Å². The van der Waals surface area contributed by atoms with Crippen molar-refractivity contribution < 1.29 is 0 Å². The topological polar surface area (TPSA) is 0 Å². The first-order valence-electron chi connectivity index (χ1n) is 5.98. The van der Waals surface area contributed by atoms with E-state index in [-0.39, 0.29) is 0 Å². The second kappa shape index (κ2) is 5.83. The molecule has 0 atom stereocenters. The van der Waals surface area contributed by atoms with E-state index in [1.807, 2.05) is 0 Å². The highest BCUT2D eigenvalue weighted by atomic mass is 14.0. The molecule has 3 aromatic rings. The molecule has 88 valence electrons. The Morgan fingerprint density at radius 2 is 1.17 bits per heavy atom. The van der Waals surface area contributed by atoms with Crippen LogP contribution < -0.4 is 0 Å². The smallest absolute Gasteiger partial charge is 0.0105 e. The van der Waals surface area contributed by atoms with E-state index < -0.39 is 0 Å². The van der Waals surface area contributed by atoms with Crippen molar-refractivity contribution in [1.29, 1.82) is 0 Å². The zero-order valence-corrected chi connectivity index (χ0v) is 10.3. The second-order valence-corrected chi connectivity index (χ2v) is 3.89. The normalized spacial score (nSPS) is 9.56. The van der Waals surface area contributed by atoms with E-state index in [1.165, 1.54) is 21.9 Å². The van der Waals surface area contributed by atoms with Crippen LogP contribution >= 0.6 is 0 Å². The van der Waals surface area contributed by atoms with Crippen LogP contribution in [0, 0.1) is 0 Å². The van der Waals surface area contributed by atoms with Crippen molar-refractivity contribution in [2.75, 3.05) is 0 Å². The molecule has 0 bridgehead atoms. The molecule has 0 amide bonds. The summed E-state index contributed by atoms with van der Waals surface area (Å²) in [4.78, 5) is 0. The van der Waals surface area contributed by atoms with Gasteiger partial charge in [0.25, 0.3) is 0 Å². The number of rotatable bonds is 1. The molecule has 0 unspecified atom stereocenters. The Hall–Kier alpha value is -2.34. The third kappa shape index (κ3) is 2.33. The molecular weight excluding hydrogens is 216 g/mol. The number of fused-ring (bicyclic) bond motifs is 1. The van der Waals surface area contributed by atoms with Gasteiger partial charge in [0.15, 0.2) is 0 Å². The lowest BCUT2D eigenvalue weighted by molar-refractivity contribution is 1.65. The van der Waals surface area contributed by atoms with Gasteiger partial charge in [0.1, 0.15) is 0 Å². The fourth-order valence-electron chi connectivity index (χ4n) is 2.09. The molecular formula is C18H16. The highest BCUT2D eigenvalue weighted by Crippen LogP contribution is 2.27. The number of hydrogen-bond acceptors (Lipinski definition) is 0. The van der Waals surface area contributed by atoms with Crippen molar-refractivity contribution in [2.45, 2.75) is 0 Å². The Balaban J connectivity index is 0.000000574. The largest absolute Gasteiger partial charge is 0.106 e. The first-order valence-corrected chi connectivity index (χ1v) is 5.98. The van der Waals surface area contributed by atoms with Crippen LogP contribution in [0.3, 0.4) is 0 Å². The molecule has 0 aliphatic carbocycles. The highest BCUT2D eigenvalue weighted by molar-refractivity contribution is 5.96. The maximum atomic E-state index is 3.00. The van der Waals surface area contributed by atoms with Gasteiger partial charge in [-0.1, -0.05) is 72.8 Å². The van der Waals surface area contributed by atoms with Crippen LogP contribution in [0.1, 0.15) is 0 Å². The maximum Gasteiger partial charge on any atom is -0.0105 e. The van der Waals surface area contributed by atoms with E-state index in [0.717, 1.165) is 0 Å². The standard InChI is InChI=1S/C16H12.C2H4/c1-2-7-13(8-3-1)16-12-6-10-14-9-4-5-11-15(14)16;1-2/h1-12H;1-2H2. The summed E-state index contributed by atoms with van der Waals surface area (Å²) in [5, 5.41) is 2.61. The summed E-state index contributed by atoms with van der Waals surface area (Å²) in [6, 6.07) is 25.5. The monoisotopic (exact) mass is 232 g/mol. The minimum Gasteiger partial charge on any atom is -0.106 e. The molecule has 18 heavy (non-hydrogen) atoms. The van der Waals surface area contributed by atoms with E-state index >= 15 is 0 Å². The van der Waals surface area contributed by atoms with Crippen molar-refractivity contribution in [2.24, 2.45) is 0 Å². The first kappa shape index (κ1) is 12.1. The molecule has 0 aliphatic rings. The van der Waals surface area contributed by atoms with Crippen LogP contribution in [0.2, 0.25) is 0 Å². The zero-order chi connectivity index (χ0) is 12.8. The van der Waals surface area contributed by atoms with E-state index in [9.17, 15) is 0 Å². The van der Waals surface area contributed by atoms with Gasteiger partial charge >= 0.3 is 0 Å². The SMILES string of the molecule is C=C.c1ccc(-c2cccc3ccccc23)cc1. The summed E-state index contributed by atoms with van der Waals surface area (Å²) in [5.41, 5.74) is 2.58. The fraction of sp³-hybridized carbons (Fsp3) is 0. The lowest BCUT2D eigenvalue weighted by Crippen LogP contribution is -1.79. The average Bonchev–Trinajstić information content (AvgIpc) is 2.50. The zero-order valence-electron chi connectivity index (χ0n) is 10.3. The Kier molecular flexibility index (Phi) is 3.93. The third-order valence-corrected chi connectivity index (χ3v) is 2.87. The van der Waals surface area contributed by atoms with E-state index in [4.69, 9.17) is 0 Å². The maximum absolute atomic E-state index is 3.00. The number of benzene rings is 3. The van der Waals surface area contributed by atoms with Crippen molar-refractivity contribution in [3.05, 3.63) is 86.0 Å². The van der Waals surface area contributed by atoms with Gasteiger partial charge in [0, 0.05) is 0 Å². The molecule has 0 saturated heterocycles. The Bertz CT molecular complexity index is 618. The molecule has 0 aromatic heterocycles. The summed E-state index contributed by atoms with van der Waals surface area (Å²) < 4.78 is 0. The van der Waals surface area contributed by atoms with E-state index in [1.54, 1.807) is 0 Å². The first-order chi connectivity index (χ1) is 8.95. The molecule has 3 aromatic carbocycles. The average molecular weight is 232 g/mol. The van der Waals surface area contributed by atoms with Crippen molar-refractivity contribution >= 4 is 10.8 Å². The lowest BCUT2D eigenvalue weighted by atomic mass is 9.98. The van der Waals surface area contributed by atoms with Crippen LogP contribution in [-0.2, 0) is 0 Å². The van der Waals surface area contributed by atoms with Crippen LogP contribution in [-0.4, -0.2) is 0 Å². The molecule has 0 heteroatoms. The summed E-state index contributed by atoms with van der Waals surface area (Å²) in [5.74, 6) is 0. The van der Waals surface area contributed by atoms with Crippen molar-refractivity contribution in [3.8, 4) is 11.1 Å². The molecule has 0 spiro atoms. The second-order valence-electron chi connectivity index (χ2n) is 3.89. The van der Waals surface area contributed by atoms with Gasteiger partial charge in [-0.05, 0) is 21.9 Å². The molecule has 3 rings (SSSR count). The quantitative estimate of drug-likeness (QED) is 0.499. The minimum atomic E-state index is 1.28. The molecule has 0 aliphatic heterocycles. The summed E-state index contributed by atoms with van der Waals surface area (Å²) >= 11 is 0. The molecule has 0 fully saturated rings. The predicted octanol–water partition coefficient (Wildman–Crippen LogP) is 5.31. The molecule has 0 radical (unpaired) electrons. The van der Waals surface area contributed by atoms with Crippen molar-refractivity contribution in [1.82, 2.24) is 0 Å². The molecule has 0 heterocycles. The summed E-state index contributed by atoms with van der Waals surface area (Å²) in [7, 11) is 0. The number of hydrogen-bond donors (Lipinski definition) is 0. The van der Waals surface area contributed by atoms with Crippen LogP contribution in [0.15, 0.2) is 86.0 Å².